The number of carbonyl (C=O) groups excluding carboxylic acids is 1. The number of alkyl halides is 3. The Morgan fingerprint density at radius 1 is 1.32 bits per heavy atom. The second-order valence-electron chi connectivity index (χ2n) is 6.13. The van der Waals surface area contributed by atoms with Gasteiger partial charge in [0.15, 0.2) is 0 Å². The standard InChI is InChI=1S/C15H17F3N2O2/c16-15(17,18)22-12-3-1-2-10(6-12)9-19-13(21)20-11-7-14(8-11)4-5-14/h1-3,6,11H,4-5,7-9H2,(H2,19,20,21). The lowest BCUT2D eigenvalue weighted by Gasteiger charge is -2.36. The van der Waals surface area contributed by atoms with Crippen molar-refractivity contribution in [1.29, 1.82) is 0 Å². The minimum atomic E-state index is -4.72. The summed E-state index contributed by atoms with van der Waals surface area (Å²) in [6, 6.07) is 5.51. The van der Waals surface area contributed by atoms with Gasteiger partial charge in [-0.25, -0.2) is 4.79 Å². The summed E-state index contributed by atoms with van der Waals surface area (Å²) >= 11 is 0. The minimum absolute atomic E-state index is 0.152. The number of benzene rings is 1. The minimum Gasteiger partial charge on any atom is -0.406 e. The van der Waals surface area contributed by atoms with E-state index >= 15 is 0 Å². The van der Waals surface area contributed by atoms with E-state index in [0.717, 1.165) is 12.8 Å². The van der Waals surface area contributed by atoms with E-state index < -0.39 is 6.36 Å². The van der Waals surface area contributed by atoms with Crippen molar-refractivity contribution < 1.29 is 22.7 Å². The predicted octanol–water partition coefficient (Wildman–Crippen LogP) is 3.33. The number of nitrogens with one attached hydrogen (secondary N) is 2. The molecule has 0 heterocycles. The first-order chi connectivity index (χ1) is 10.3. The lowest BCUT2D eigenvalue weighted by Crippen LogP contribution is -2.48. The zero-order valence-electron chi connectivity index (χ0n) is 11.9. The van der Waals surface area contributed by atoms with E-state index in [9.17, 15) is 18.0 Å². The fraction of sp³-hybridized carbons (Fsp3) is 0.533. The van der Waals surface area contributed by atoms with E-state index in [2.05, 4.69) is 15.4 Å². The van der Waals surface area contributed by atoms with Crippen LogP contribution in [0.25, 0.3) is 0 Å². The van der Waals surface area contributed by atoms with Gasteiger partial charge in [-0.05, 0) is 48.8 Å². The highest BCUT2D eigenvalue weighted by atomic mass is 19.4. The summed E-state index contributed by atoms with van der Waals surface area (Å²) in [7, 11) is 0. The zero-order valence-corrected chi connectivity index (χ0v) is 11.9. The maximum absolute atomic E-state index is 12.1. The predicted molar refractivity (Wildman–Crippen MR) is 73.2 cm³/mol. The molecular formula is C15H17F3N2O2. The molecule has 2 aliphatic carbocycles. The number of hydrogen-bond acceptors (Lipinski definition) is 2. The molecule has 2 N–H and O–H groups in total. The first-order valence-corrected chi connectivity index (χ1v) is 7.23. The lowest BCUT2D eigenvalue weighted by atomic mass is 9.77. The third-order valence-corrected chi connectivity index (χ3v) is 4.24. The van der Waals surface area contributed by atoms with Gasteiger partial charge < -0.3 is 15.4 Å². The summed E-state index contributed by atoms with van der Waals surface area (Å²) in [6.07, 6.45) is -0.116. The van der Waals surface area contributed by atoms with Crippen LogP contribution in [0.15, 0.2) is 24.3 Å². The van der Waals surface area contributed by atoms with Gasteiger partial charge in [-0.2, -0.15) is 0 Å². The van der Waals surface area contributed by atoms with Gasteiger partial charge in [0.05, 0.1) is 0 Å². The molecular weight excluding hydrogens is 297 g/mol. The maximum Gasteiger partial charge on any atom is 0.573 e. The third kappa shape index (κ3) is 3.84. The molecule has 2 aliphatic rings. The van der Waals surface area contributed by atoms with E-state index in [-0.39, 0.29) is 24.4 Å². The SMILES string of the molecule is O=C(NCc1cccc(OC(F)(F)F)c1)NC1CC2(CC2)C1. The van der Waals surface area contributed by atoms with Crippen LogP contribution in [-0.4, -0.2) is 18.4 Å². The smallest absolute Gasteiger partial charge is 0.406 e. The van der Waals surface area contributed by atoms with Crippen LogP contribution in [0.3, 0.4) is 0 Å². The topological polar surface area (TPSA) is 50.4 Å². The van der Waals surface area contributed by atoms with Gasteiger partial charge in [-0.1, -0.05) is 12.1 Å². The van der Waals surface area contributed by atoms with Crippen molar-refractivity contribution in [3.05, 3.63) is 29.8 Å². The molecule has 0 saturated heterocycles. The molecule has 0 unspecified atom stereocenters. The number of hydrogen-bond donors (Lipinski definition) is 2. The van der Waals surface area contributed by atoms with Gasteiger partial charge in [-0.15, -0.1) is 13.2 Å². The van der Waals surface area contributed by atoms with E-state index in [0.29, 0.717) is 11.0 Å². The van der Waals surface area contributed by atoms with Crippen LogP contribution < -0.4 is 15.4 Å². The average molecular weight is 314 g/mol. The van der Waals surface area contributed by atoms with Crippen LogP contribution in [0.2, 0.25) is 0 Å². The molecule has 1 spiro atoms. The van der Waals surface area contributed by atoms with Crippen LogP contribution in [-0.2, 0) is 6.54 Å². The summed E-state index contributed by atoms with van der Waals surface area (Å²) in [5.41, 5.74) is 1.06. The van der Waals surface area contributed by atoms with E-state index in [1.54, 1.807) is 6.07 Å². The normalized spacial score (nSPS) is 19.4. The number of amides is 2. The molecule has 2 fully saturated rings. The Morgan fingerprint density at radius 2 is 2.05 bits per heavy atom. The molecule has 1 aromatic carbocycles. The highest BCUT2D eigenvalue weighted by molar-refractivity contribution is 5.74. The van der Waals surface area contributed by atoms with Crippen LogP contribution in [0.5, 0.6) is 5.75 Å². The van der Waals surface area contributed by atoms with Crippen molar-refractivity contribution in [2.75, 3.05) is 0 Å². The number of halogens is 3. The highest BCUT2D eigenvalue weighted by Gasteiger charge is 2.53. The summed E-state index contributed by atoms with van der Waals surface area (Å²) in [5.74, 6) is -0.290. The summed E-state index contributed by atoms with van der Waals surface area (Å²) in [4.78, 5) is 11.7. The summed E-state index contributed by atoms with van der Waals surface area (Å²) in [5, 5.41) is 5.52. The van der Waals surface area contributed by atoms with E-state index in [1.165, 1.54) is 31.0 Å². The van der Waals surface area contributed by atoms with Crippen molar-refractivity contribution in [3.8, 4) is 5.75 Å². The van der Waals surface area contributed by atoms with Gasteiger partial charge in [0, 0.05) is 12.6 Å². The fourth-order valence-electron chi connectivity index (χ4n) is 2.94. The molecule has 0 atom stereocenters. The number of urea groups is 1. The Kier molecular flexibility index (Phi) is 3.66. The van der Waals surface area contributed by atoms with Crippen molar-refractivity contribution in [2.24, 2.45) is 5.41 Å². The maximum atomic E-state index is 12.1. The fourth-order valence-corrected chi connectivity index (χ4v) is 2.94. The second-order valence-corrected chi connectivity index (χ2v) is 6.13. The zero-order chi connectivity index (χ0) is 15.8. The van der Waals surface area contributed by atoms with Gasteiger partial charge in [-0.3, -0.25) is 0 Å². The molecule has 1 aromatic rings. The number of carbonyl (C=O) groups is 1. The molecule has 7 heteroatoms. The van der Waals surface area contributed by atoms with Gasteiger partial charge in [0.1, 0.15) is 5.75 Å². The lowest BCUT2D eigenvalue weighted by molar-refractivity contribution is -0.274. The second kappa shape index (κ2) is 5.37. The molecule has 3 rings (SSSR count). The van der Waals surface area contributed by atoms with Gasteiger partial charge in [0.25, 0.3) is 0 Å². The molecule has 120 valence electrons. The summed E-state index contributed by atoms with van der Waals surface area (Å²) < 4.78 is 40.3. The first-order valence-electron chi connectivity index (χ1n) is 7.23. The Hall–Kier alpha value is -1.92. The Labute approximate surface area is 126 Å². The van der Waals surface area contributed by atoms with Crippen LogP contribution in [0.1, 0.15) is 31.2 Å². The molecule has 22 heavy (non-hydrogen) atoms. The van der Waals surface area contributed by atoms with Crippen molar-refractivity contribution in [1.82, 2.24) is 10.6 Å². The van der Waals surface area contributed by atoms with Crippen molar-refractivity contribution >= 4 is 6.03 Å². The van der Waals surface area contributed by atoms with Crippen molar-refractivity contribution in [3.63, 3.8) is 0 Å². The van der Waals surface area contributed by atoms with Gasteiger partial charge in [0.2, 0.25) is 0 Å². The highest BCUT2D eigenvalue weighted by Crippen LogP contribution is 2.60. The molecule has 2 saturated carbocycles. The van der Waals surface area contributed by atoms with Crippen molar-refractivity contribution in [2.45, 2.75) is 44.6 Å². The van der Waals surface area contributed by atoms with Gasteiger partial charge >= 0.3 is 12.4 Å². The van der Waals surface area contributed by atoms with Crippen LogP contribution in [0.4, 0.5) is 18.0 Å². The average Bonchev–Trinajstić information content (AvgIpc) is 3.15. The van der Waals surface area contributed by atoms with E-state index in [1.807, 2.05) is 0 Å². The number of rotatable bonds is 4. The Morgan fingerprint density at radius 3 is 2.68 bits per heavy atom. The molecule has 0 bridgehead atoms. The third-order valence-electron chi connectivity index (χ3n) is 4.24. The molecule has 0 radical (unpaired) electrons. The molecule has 4 nitrogen and oxygen atoms in total. The van der Waals surface area contributed by atoms with E-state index in [4.69, 9.17) is 0 Å². The first kappa shape index (κ1) is 15.0. The van der Waals surface area contributed by atoms with Crippen LogP contribution >= 0.6 is 0 Å². The molecule has 0 aromatic heterocycles. The quantitative estimate of drug-likeness (QED) is 0.895. The number of ether oxygens (including phenoxy) is 1. The van der Waals surface area contributed by atoms with Crippen LogP contribution in [0, 0.1) is 5.41 Å². The summed E-state index contributed by atoms with van der Waals surface area (Å²) in [6.45, 7) is 0.152. The Bertz CT molecular complexity index is 562. The Balaban J connectivity index is 1.44. The largest absolute Gasteiger partial charge is 0.573 e. The monoisotopic (exact) mass is 314 g/mol. The molecule has 2 amide bonds. The molecule has 0 aliphatic heterocycles.